The van der Waals surface area contributed by atoms with E-state index in [1.165, 1.54) is 0 Å². The van der Waals surface area contributed by atoms with Crippen molar-refractivity contribution < 1.29 is 32.1 Å². The van der Waals surface area contributed by atoms with Gasteiger partial charge in [0.2, 0.25) is 16.0 Å². The van der Waals surface area contributed by atoms with Crippen LogP contribution in [0.4, 0.5) is 14.9 Å². The van der Waals surface area contributed by atoms with Gasteiger partial charge in [0.1, 0.15) is 28.0 Å². The Bertz CT molecular complexity index is 1110. The molecule has 1 aliphatic carbocycles. The highest BCUT2D eigenvalue weighted by Gasteiger charge is 2.60. The Morgan fingerprint density at radius 3 is 2.65 bits per heavy atom. The smallest absolute Gasteiger partial charge is 0.414 e. The van der Waals surface area contributed by atoms with Crippen molar-refractivity contribution in [1.82, 2.24) is 9.62 Å². The molecule has 0 bridgehead atoms. The van der Waals surface area contributed by atoms with Crippen molar-refractivity contribution in [1.29, 1.82) is 0 Å². The molecular formula is C18H21FN4O7S. The van der Waals surface area contributed by atoms with Gasteiger partial charge in [0.25, 0.3) is 5.69 Å². The SMILES string of the molecule is CN1C(NC(=O)OC(C)(C)C)=NC2(c3cc([N+](=O)[O-])ccc3F)CC(=O)CC2S1(=O)=O. The molecule has 3 rings (SSSR count). The lowest BCUT2D eigenvalue weighted by Crippen LogP contribution is -2.57. The molecule has 31 heavy (non-hydrogen) atoms. The first-order valence-electron chi connectivity index (χ1n) is 9.21. The Labute approximate surface area is 177 Å². The molecule has 13 heteroatoms. The van der Waals surface area contributed by atoms with Crippen LogP contribution in [0.15, 0.2) is 23.2 Å². The summed E-state index contributed by atoms with van der Waals surface area (Å²) in [5.41, 5.74) is -3.76. The van der Waals surface area contributed by atoms with Crippen LogP contribution in [-0.2, 0) is 25.1 Å². The summed E-state index contributed by atoms with van der Waals surface area (Å²) in [6, 6.07) is 2.62. The molecule has 0 saturated heterocycles. The molecule has 0 radical (unpaired) electrons. The fourth-order valence-electron chi connectivity index (χ4n) is 3.69. The van der Waals surface area contributed by atoms with Gasteiger partial charge in [0.05, 0.1) is 4.92 Å². The van der Waals surface area contributed by atoms with Gasteiger partial charge in [0.15, 0.2) is 0 Å². The molecule has 1 heterocycles. The average Bonchev–Trinajstić information content (AvgIpc) is 2.96. The molecule has 2 unspecified atom stereocenters. The number of aliphatic imine (C=N–C) groups is 1. The van der Waals surface area contributed by atoms with Gasteiger partial charge < -0.3 is 4.74 Å². The second kappa shape index (κ2) is 7.25. The van der Waals surface area contributed by atoms with Gasteiger partial charge in [-0.05, 0) is 26.8 Å². The summed E-state index contributed by atoms with van der Waals surface area (Å²) in [4.78, 5) is 39.2. The number of fused-ring (bicyclic) bond motifs is 1. The average molecular weight is 456 g/mol. The summed E-state index contributed by atoms with van der Waals surface area (Å²) >= 11 is 0. The Balaban J connectivity index is 2.21. The largest absolute Gasteiger partial charge is 0.444 e. The van der Waals surface area contributed by atoms with Gasteiger partial charge in [-0.2, -0.15) is 0 Å². The van der Waals surface area contributed by atoms with Crippen molar-refractivity contribution in [2.24, 2.45) is 4.99 Å². The number of alkyl carbamates (subject to hydrolysis) is 1. The molecule has 1 saturated carbocycles. The number of guanidine groups is 1. The Hall–Kier alpha value is -3.09. The number of ether oxygens (including phenoxy) is 1. The van der Waals surface area contributed by atoms with Crippen molar-refractivity contribution in [3.05, 3.63) is 39.7 Å². The normalized spacial score (nSPS) is 24.9. The highest BCUT2D eigenvalue weighted by Crippen LogP contribution is 2.49. The summed E-state index contributed by atoms with van der Waals surface area (Å²) in [6.45, 7) is 4.80. The highest BCUT2D eigenvalue weighted by molar-refractivity contribution is 7.90. The monoisotopic (exact) mass is 456 g/mol. The first kappa shape index (κ1) is 22.6. The van der Waals surface area contributed by atoms with Crippen molar-refractivity contribution in [2.45, 2.75) is 50.0 Å². The minimum absolute atomic E-state index is 0.405. The maximum atomic E-state index is 14.8. The van der Waals surface area contributed by atoms with E-state index < -0.39 is 79.1 Å². The Morgan fingerprint density at radius 1 is 1.42 bits per heavy atom. The Kier molecular flexibility index (Phi) is 5.29. The maximum absolute atomic E-state index is 14.8. The minimum atomic E-state index is -4.29. The lowest BCUT2D eigenvalue weighted by molar-refractivity contribution is -0.385. The Morgan fingerprint density at radius 2 is 2.06 bits per heavy atom. The van der Waals surface area contributed by atoms with Crippen molar-refractivity contribution in [2.75, 3.05) is 7.05 Å². The number of hydrogen-bond donors (Lipinski definition) is 1. The van der Waals surface area contributed by atoms with Crippen LogP contribution in [0.2, 0.25) is 0 Å². The molecular weight excluding hydrogens is 435 g/mol. The van der Waals surface area contributed by atoms with E-state index in [4.69, 9.17) is 4.74 Å². The topological polar surface area (TPSA) is 148 Å². The molecule has 1 fully saturated rings. The van der Waals surface area contributed by atoms with Crippen molar-refractivity contribution in [3.63, 3.8) is 0 Å². The number of halogens is 1. The van der Waals surface area contributed by atoms with Crippen LogP contribution in [-0.4, -0.2) is 53.4 Å². The number of Topliss-reactive ketones (excluding diaryl/α,β-unsaturated/α-hetero) is 1. The summed E-state index contributed by atoms with van der Waals surface area (Å²) in [5, 5.41) is 11.9. The van der Waals surface area contributed by atoms with E-state index in [1.807, 2.05) is 0 Å². The molecule has 1 aromatic rings. The van der Waals surface area contributed by atoms with E-state index >= 15 is 0 Å². The third-order valence-electron chi connectivity index (χ3n) is 5.00. The van der Waals surface area contributed by atoms with E-state index in [9.17, 15) is 32.5 Å². The number of rotatable bonds is 2. The molecule has 2 atom stereocenters. The van der Waals surface area contributed by atoms with Gasteiger partial charge >= 0.3 is 6.09 Å². The molecule has 2 aliphatic rings. The number of nitro benzene ring substituents is 1. The lowest BCUT2D eigenvalue weighted by Gasteiger charge is -2.39. The van der Waals surface area contributed by atoms with Crippen LogP contribution in [0.5, 0.6) is 0 Å². The lowest BCUT2D eigenvalue weighted by atomic mass is 9.87. The fourth-order valence-corrected chi connectivity index (χ4v) is 5.55. The van der Waals surface area contributed by atoms with Gasteiger partial charge in [-0.15, -0.1) is 0 Å². The third kappa shape index (κ3) is 3.96. The van der Waals surface area contributed by atoms with Crippen LogP contribution in [0.1, 0.15) is 39.2 Å². The second-order valence-electron chi connectivity index (χ2n) is 8.33. The zero-order valence-electron chi connectivity index (χ0n) is 17.2. The maximum Gasteiger partial charge on any atom is 0.414 e. The number of carbonyl (C=O) groups is 2. The number of amides is 1. The predicted molar refractivity (Wildman–Crippen MR) is 106 cm³/mol. The van der Waals surface area contributed by atoms with E-state index in [2.05, 4.69) is 10.3 Å². The summed E-state index contributed by atoms with van der Waals surface area (Å²) in [7, 11) is -3.16. The molecule has 0 spiro atoms. The molecule has 0 aromatic heterocycles. The number of sulfonamides is 1. The third-order valence-corrected chi connectivity index (χ3v) is 7.21. The molecule has 1 aliphatic heterocycles. The predicted octanol–water partition coefficient (Wildman–Crippen LogP) is 1.82. The zero-order valence-corrected chi connectivity index (χ0v) is 18.0. The minimum Gasteiger partial charge on any atom is -0.444 e. The molecule has 1 aromatic carbocycles. The number of nitro groups is 1. The van der Waals surface area contributed by atoms with Gasteiger partial charge in [0, 0.05) is 37.6 Å². The summed E-state index contributed by atoms with van der Waals surface area (Å²) in [6.07, 6.45) is -1.95. The summed E-state index contributed by atoms with van der Waals surface area (Å²) in [5.74, 6) is -1.94. The molecule has 168 valence electrons. The highest BCUT2D eigenvalue weighted by atomic mass is 32.2. The van der Waals surface area contributed by atoms with Crippen molar-refractivity contribution in [3.8, 4) is 0 Å². The number of nitrogens with zero attached hydrogens (tertiary/aromatic N) is 3. The fraction of sp³-hybridized carbons (Fsp3) is 0.500. The van der Waals surface area contributed by atoms with Gasteiger partial charge in [-0.25, -0.2) is 26.9 Å². The summed E-state index contributed by atoms with van der Waals surface area (Å²) < 4.78 is 47.0. The van der Waals surface area contributed by atoms with Crippen LogP contribution in [0, 0.1) is 15.9 Å². The quantitative estimate of drug-likeness (QED) is 0.527. The van der Waals surface area contributed by atoms with Crippen LogP contribution < -0.4 is 5.32 Å². The van der Waals surface area contributed by atoms with Crippen LogP contribution in [0.3, 0.4) is 0 Å². The zero-order chi connectivity index (χ0) is 23.4. The molecule has 1 amide bonds. The van der Waals surface area contributed by atoms with Gasteiger partial charge in [-0.1, -0.05) is 0 Å². The van der Waals surface area contributed by atoms with E-state index in [0.717, 1.165) is 25.2 Å². The molecule has 11 nitrogen and oxygen atoms in total. The van der Waals surface area contributed by atoms with E-state index in [1.54, 1.807) is 20.8 Å². The number of carbonyl (C=O) groups excluding carboxylic acids is 2. The van der Waals surface area contributed by atoms with E-state index in [0.29, 0.717) is 4.31 Å². The number of hydrogen-bond acceptors (Lipinski definition) is 8. The number of ketones is 1. The first-order chi connectivity index (χ1) is 14.2. The second-order valence-corrected chi connectivity index (χ2v) is 10.5. The number of nitrogens with one attached hydrogen (secondary N) is 1. The molecule has 1 N–H and O–H groups in total. The van der Waals surface area contributed by atoms with E-state index in [-0.39, 0.29) is 0 Å². The number of non-ortho nitro benzene ring substituents is 1. The first-order valence-corrected chi connectivity index (χ1v) is 10.7. The van der Waals surface area contributed by atoms with Crippen LogP contribution in [0.25, 0.3) is 0 Å². The van der Waals surface area contributed by atoms with Crippen LogP contribution >= 0.6 is 0 Å². The number of benzene rings is 1. The van der Waals surface area contributed by atoms with Crippen molar-refractivity contribution >= 4 is 33.5 Å². The van der Waals surface area contributed by atoms with Gasteiger partial charge in [-0.3, -0.25) is 20.2 Å². The standard InChI is InChI=1S/C18H21FN4O7S/c1-17(2,3)30-16(25)20-15-21-18(12-7-10(23(26)27)5-6-13(12)19)9-11(24)8-14(18)31(28,29)22(15)4/h5-7,14H,8-9H2,1-4H3,(H,20,21,25).